The summed E-state index contributed by atoms with van der Waals surface area (Å²) >= 11 is 0. The molecule has 1 aliphatic rings. The number of rotatable bonds is 4. The van der Waals surface area contributed by atoms with E-state index in [0.717, 1.165) is 12.8 Å². The van der Waals surface area contributed by atoms with Gasteiger partial charge in [0.05, 0.1) is 11.5 Å². The van der Waals surface area contributed by atoms with Gasteiger partial charge in [-0.05, 0) is 37.7 Å². The summed E-state index contributed by atoms with van der Waals surface area (Å²) in [6, 6.07) is 7.02. The number of aromatic nitrogens is 1. The molecule has 1 aromatic carbocycles. The summed E-state index contributed by atoms with van der Waals surface area (Å²) in [6.45, 7) is 0.526. The number of aromatic amines is 1. The van der Waals surface area contributed by atoms with Crippen molar-refractivity contribution < 1.29 is 14.7 Å². The number of H-pyrrole nitrogens is 1. The fraction of sp³-hybridized carbons (Fsp3) is 0.389. The first kappa shape index (κ1) is 16.2. The Morgan fingerprint density at radius 2 is 1.79 bits per heavy atom. The van der Waals surface area contributed by atoms with E-state index in [0.29, 0.717) is 41.6 Å². The molecule has 24 heavy (non-hydrogen) atoms. The maximum absolute atomic E-state index is 12.5. The summed E-state index contributed by atoms with van der Waals surface area (Å²) < 4.78 is 0. The lowest BCUT2D eigenvalue weighted by Gasteiger charge is -2.26. The Balaban J connectivity index is 1.65. The molecule has 126 valence electrons. The van der Waals surface area contributed by atoms with Crippen molar-refractivity contribution in [2.75, 3.05) is 6.54 Å². The molecule has 1 amide bonds. The van der Waals surface area contributed by atoms with Crippen LogP contribution in [0.1, 0.15) is 36.0 Å². The van der Waals surface area contributed by atoms with Crippen molar-refractivity contribution in [3.8, 4) is 0 Å². The van der Waals surface area contributed by atoms with Crippen LogP contribution in [-0.2, 0) is 4.79 Å². The van der Waals surface area contributed by atoms with Crippen molar-refractivity contribution in [3.05, 3.63) is 46.4 Å². The number of carboxylic acids is 1. The van der Waals surface area contributed by atoms with Crippen LogP contribution in [0.25, 0.3) is 10.8 Å². The quantitative estimate of drug-likeness (QED) is 0.800. The van der Waals surface area contributed by atoms with E-state index < -0.39 is 5.97 Å². The molecule has 1 heterocycles. The van der Waals surface area contributed by atoms with Gasteiger partial charge in [-0.25, -0.2) is 0 Å². The molecular formula is C18H20N2O4. The molecule has 0 atom stereocenters. The standard InChI is InChI=1S/C18H20N2O4/c21-16-14-4-2-1-3-13(14)15(10-20-16)17(22)19-9-11-5-7-12(8-6-11)18(23)24/h1-4,10-12H,5-9H2,(H,19,22)(H,20,21)(H,23,24). The molecule has 6 heteroatoms. The van der Waals surface area contributed by atoms with E-state index in [1.165, 1.54) is 6.20 Å². The molecule has 6 nitrogen and oxygen atoms in total. The Labute approximate surface area is 138 Å². The summed E-state index contributed by atoms with van der Waals surface area (Å²) in [7, 11) is 0. The lowest BCUT2D eigenvalue weighted by Crippen LogP contribution is -2.32. The highest BCUT2D eigenvalue weighted by Gasteiger charge is 2.26. The van der Waals surface area contributed by atoms with Crippen molar-refractivity contribution in [1.82, 2.24) is 10.3 Å². The van der Waals surface area contributed by atoms with Crippen molar-refractivity contribution >= 4 is 22.6 Å². The molecule has 0 bridgehead atoms. The van der Waals surface area contributed by atoms with Crippen LogP contribution in [-0.4, -0.2) is 28.5 Å². The number of pyridine rings is 1. The fourth-order valence-electron chi connectivity index (χ4n) is 3.34. The van der Waals surface area contributed by atoms with Gasteiger partial charge in [-0.1, -0.05) is 18.2 Å². The van der Waals surface area contributed by atoms with Crippen LogP contribution in [0, 0.1) is 11.8 Å². The first-order valence-corrected chi connectivity index (χ1v) is 8.17. The number of amides is 1. The van der Waals surface area contributed by atoms with Crippen molar-refractivity contribution in [2.24, 2.45) is 11.8 Å². The number of carbonyl (C=O) groups is 2. The van der Waals surface area contributed by atoms with Gasteiger partial charge in [-0.15, -0.1) is 0 Å². The number of fused-ring (bicyclic) bond motifs is 1. The third-order valence-electron chi connectivity index (χ3n) is 4.80. The molecule has 3 N–H and O–H groups in total. The van der Waals surface area contributed by atoms with Crippen LogP contribution in [0.3, 0.4) is 0 Å². The Morgan fingerprint density at radius 1 is 1.12 bits per heavy atom. The molecule has 1 aromatic heterocycles. The van der Waals surface area contributed by atoms with Crippen molar-refractivity contribution in [2.45, 2.75) is 25.7 Å². The van der Waals surface area contributed by atoms with Gasteiger partial charge < -0.3 is 15.4 Å². The predicted octanol–water partition coefficient (Wildman–Crippen LogP) is 2.15. The largest absolute Gasteiger partial charge is 0.481 e. The number of aliphatic carboxylic acids is 1. The molecule has 0 aliphatic heterocycles. The summed E-state index contributed by atoms with van der Waals surface area (Å²) in [5.74, 6) is -0.890. The third-order valence-corrected chi connectivity index (χ3v) is 4.80. The van der Waals surface area contributed by atoms with E-state index in [1.807, 2.05) is 0 Å². The van der Waals surface area contributed by atoms with Gasteiger partial charge in [0.2, 0.25) is 0 Å². The van der Waals surface area contributed by atoms with Crippen LogP contribution in [0.5, 0.6) is 0 Å². The SMILES string of the molecule is O=C(NCC1CCC(C(=O)O)CC1)c1c[nH]c(=O)c2ccccc12. The summed E-state index contributed by atoms with van der Waals surface area (Å²) in [5, 5.41) is 13.1. The molecule has 1 fully saturated rings. The Bertz CT molecular complexity index is 819. The van der Waals surface area contributed by atoms with E-state index in [4.69, 9.17) is 5.11 Å². The zero-order chi connectivity index (χ0) is 17.1. The van der Waals surface area contributed by atoms with Crippen molar-refractivity contribution in [3.63, 3.8) is 0 Å². The second kappa shape index (κ2) is 6.86. The highest BCUT2D eigenvalue weighted by Crippen LogP contribution is 2.28. The van der Waals surface area contributed by atoms with Gasteiger partial charge in [0.1, 0.15) is 0 Å². The van der Waals surface area contributed by atoms with Gasteiger partial charge >= 0.3 is 5.97 Å². The molecule has 3 rings (SSSR count). The first-order valence-electron chi connectivity index (χ1n) is 8.17. The van der Waals surface area contributed by atoms with Crippen LogP contribution < -0.4 is 10.9 Å². The zero-order valence-corrected chi connectivity index (χ0v) is 13.2. The summed E-state index contributed by atoms with van der Waals surface area (Å²) in [6.07, 6.45) is 4.39. The molecule has 0 radical (unpaired) electrons. The second-order valence-corrected chi connectivity index (χ2v) is 6.34. The predicted molar refractivity (Wildman–Crippen MR) is 90.0 cm³/mol. The second-order valence-electron chi connectivity index (χ2n) is 6.34. The fourth-order valence-corrected chi connectivity index (χ4v) is 3.34. The molecule has 2 aromatic rings. The van der Waals surface area contributed by atoms with E-state index in [-0.39, 0.29) is 17.4 Å². The lowest BCUT2D eigenvalue weighted by molar-refractivity contribution is -0.143. The van der Waals surface area contributed by atoms with E-state index >= 15 is 0 Å². The number of nitrogens with one attached hydrogen (secondary N) is 2. The van der Waals surface area contributed by atoms with Gasteiger partial charge in [0.15, 0.2) is 0 Å². The lowest BCUT2D eigenvalue weighted by atomic mass is 9.82. The molecule has 0 spiro atoms. The van der Waals surface area contributed by atoms with Gasteiger partial charge in [0, 0.05) is 23.5 Å². The Morgan fingerprint density at radius 3 is 2.46 bits per heavy atom. The van der Waals surface area contributed by atoms with E-state index in [1.54, 1.807) is 24.3 Å². The average molecular weight is 328 g/mol. The summed E-state index contributed by atoms with van der Waals surface area (Å²) in [5.41, 5.74) is 0.235. The average Bonchev–Trinajstić information content (AvgIpc) is 2.60. The molecule has 0 unspecified atom stereocenters. The van der Waals surface area contributed by atoms with E-state index in [2.05, 4.69) is 10.3 Å². The normalized spacial score (nSPS) is 20.7. The first-order chi connectivity index (χ1) is 11.6. The summed E-state index contributed by atoms with van der Waals surface area (Å²) in [4.78, 5) is 37.8. The maximum atomic E-state index is 12.5. The van der Waals surface area contributed by atoms with Crippen LogP contribution in [0.15, 0.2) is 35.3 Å². The molecule has 1 aliphatic carbocycles. The minimum absolute atomic E-state index is 0.214. The van der Waals surface area contributed by atoms with Crippen LogP contribution in [0.4, 0.5) is 0 Å². The number of carbonyl (C=O) groups excluding carboxylic acids is 1. The number of hydrogen-bond acceptors (Lipinski definition) is 3. The highest BCUT2D eigenvalue weighted by atomic mass is 16.4. The van der Waals surface area contributed by atoms with Gasteiger partial charge in [-0.2, -0.15) is 0 Å². The molecular weight excluding hydrogens is 308 g/mol. The van der Waals surface area contributed by atoms with Crippen LogP contribution in [0.2, 0.25) is 0 Å². The number of hydrogen-bond donors (Lipinski definition) is 3. The molecule has 0 saturated heterocycles. The minimum atomic E-state index is -0.725. The molecule has 1 saturated carbocycles. The topological polar surface area (TPSA) is 99.3 Å². The third kappa shape index (κ3) is 3.32. The Hall–Kier alpha value is -2.63. The monoisotopic (exact) mass is 328 g/mol. The zero-order valence-electron chi connectivity index (χ0n) is 13.2. The van der Waals surface area contributed by atoms with E-state index in [9.17, 15) is 14.4 Å². The van der Waals surface area contributed by atoms with Crippen LogP contribution >= 0.6 is 0 Å². The van der Waals surface area contributed by atoms with Gasteiger partial charge in [0.25, 0.3) is 11.5 Å². The maximum Gasteiger partial charge on any atom is 0.306 e. The van der Waals surface area contributed by atoms with Gasteiger partial charge in [-0.3, -0.25) is 14.4 Å². The Kier molecular flexibility index (Phi) is 4.64. The smallest absolute Gasteiger partial charge is 0.306 e. The number of carboxylic acid groups (broad SMARTS) is 1. The minimum Gasteiger partial charge on any atom is -0.481 e. The number of benzene rings is 1. The highest BCUT2D eigenvalue weighted by molar-refractivity contribution is 6.06. The van der Waals surface area contributed by atoms with Crippen molar-refractivity contribution in [1.29, 1.82) is 0 Å².